The SMILES string of the molecule is CC(C)/C(Cl)=C/[Se]. The van der Waals surface area contributed by atoms with Crippen molar-refractivity contribution in [3.8, 4) is 0 Å². The fourth-order valence-corrected chi connectivity index (χ4v) is 0.707. The number of hydrogen-bond acceptors (Lipinski definition) is 0. The third-order valence-electron chi connectivity index (χ3n) is 0.664. The summed E-state index contributed by atoms with van der Waals surface area (Å²) >= 11 is 8.36. The van der Waals surface area contributed by atoms with E-state index in [4.69, 9.17) is 11.6 Å². The Morgan fingerprint density at radius 2 is 2.14 bits per heavy atom. The summed E-state index contributed by atoms with van der Waals surface area (Å²) in [7, 11) is 0. The average Bonchev–Trinajstić information content (AvgIpc) is 1.65. The van der Waals surface area contributed by atoms with Crippen molar-refractivity contribution in [3.05, 3.63) is 10.0 Å². The van der Waals surface area contributed by atoms with Crippen molar-refractivity contribution in [1.29, 1.82) is 0 Å². The Morgan fingerprint density at radius 1 is 1.71 bits per heavy atom. The Bertz CT molecular complexity index is 76.1. The summed E-state index contributed by atoms with van der Waals surface area (Å²) in [6, 6.07) is 0. The third-order valence-corrected chi connectivity index (χ3v) is 2.04. The van der Waals surface area contributed by atoms with E-state index in [1.54, 1.807) is 4.97 Å². The van der Waals surface area contributed by atoms with Crippen molar-refractivity contribution in [2.24, 2.45) is 5.92 Å². The van der Waals surface area contributed by atoms with Gasteiger partial charge in [-0.15, -0.1) is 0 Å². The van der Waals surface area contributed by atoms with Gasteiger partial charge < -0.3 is 0 Å². The zero-order valence-electron chi connectivity index (χ0n) is 4.44. The molecule has 1 radical (unpaired) electrons. The average molecular weight is 183 g/mol. The van der Waals surface area contributed by atoms with E-state index < -0.39 is 0 Å². The van der Waals surface area contributed by atoms with Gasteiger partial charge in [0.1, 0.15) is 0 Å². The second-order valence-corrected chi connectivity index (χ2v) is 2.59. The monoisotopic (exact) mass is 183 g/mol. The van der Waals surface area contributed by atoms with Gasteiger partial charge in [-0.2, -0.15) is 0 Å². The summed E-state index contributed by atoms with van der Waals surface area (Å²) in [6.45, 7) is 4.10. The first-order chi connectivity index (χ1) is 3.18. The second-order valence-electron chi connectivity index (χ2n) is 1.66. The van der Waals surface area contributed by atoms with Crippen LogP contribution in [0, 0.1) is 5.92 Å². The van der Waals surface area contributed by atoms with Gasteiger partial charge in [0.2, 0.25) is 0 Å². The first-order valence-electron chi connectivity index (χ1n) is 2.16. The molecular formula is C5H8ClSe. The molecule has 41 valence electrons. The summed E-state index contributed by atoms with van der Waals surface area (Å²) in [5.74, 6) is 0.461. The van der Waals surface area contributed by atoms with Crippen molar-refractivity contribution in [1.82, 2.24) is 0 Å². The van der Waals surface area contributed by atoms with E-state index in [9.17, 15) is 0 Å². The molecule has 0 aliphatic carbocycles. The molecule has 0 saturated heterocycles. The first-order valence-corrected chi connectivity index (χ1v) is 3.52. The summed E-state index contributed by atoms with van der Waals surface area (Å²) in [5.41, 5.74) is 0. The molecule has 0 aliphatic rings. The van der Waals surface area contributed by atoms with E-state index in [-0.39, 0.29) is 0 Å². The van der Waals surface area contributed by atoms with Crippen molar-refractivity contribution >= 4 is 27.6 Å². The van der Waals surface area contributed by atoms with Crippen LogP contribution < -0.4 is 0 Å². The molecule has 0 unspecified atom stereocenters. The molecule has 0 bridgehead atoms. The van der Waals surface area contributed by atoms with Crippen LogP contribution in [-0.2, 0) is 0 Å². The molecule has 7 heavy (non-hydrogen) atoms. The van der Waals surface area contributed by atoms with E-state index in [1.807, 2.05) is 0 Å². The molecule has 0 aromatic heterocycles. The van der Waals surface area contributed by atoms with Gasteiger partial charge in [0.15, 0.2) is 0 Å². The Kier molecular flexibility index (Phi) is 3.82. The topological polar surface area (TPSA) is 0 Å². The Balaban J connectivity index is 3.56. The molecule has 0 rings (SSSR count). The quantitative estimate of drug-likeness (QED) is 0.544. The zero-order valence-corrected chi connectivity index (χ0v) is 6.91. The maximum atomic E-state index is 5.63. The van der Waals surface area contributed by atoms with Gasteiger partial charge >= 0.3 is 57.4 Å². The minimum atomic E-state index is 0.461. The van der Waals surface area contributed by atoms with E-state index >= 15 is 0 Å². The standard InChI is InChI=1S/C5H8ClSe/c1-4(2)5(6)3-7/h3-4H,1-2H3/b5-3-. The molecule has 2 heteroatoms. The molecule has 0 saturated carbocycles. The van der Waals surface area contributed by atoms with Crippen molar-refractivity contribution < 1.29 is 0 Å². The summed E-state index contributed by atoms with van der Waals surface area (Å²) in [5, 5.41) is 0.889. The zero-order chi connectivity index (χ0) is 5.86. The van der Waals surface area contributed by atoms with Gasteiger partial charge in [-0.3, -0.25) is 0 Å². The molecule has 0 amide bonds. The van der Waals surface area contributed by atoms with Crippen LogP contribution in [0.4, 0.5) is 0 Å². The predicted octanol–water partition coefficient (Wildman–Crippen LogP) is 1.89. The Labute approximate surface area is 57.7 Å². The molecule has 0 N–H and O–H groups in total. The maximum absolute atomic E-state index is 5.63. The van der Waals surface area contributed by atoms with Crippen LogP contribution in [0.3, 0.4) is 0 Å². The molecule has 0 aliphatic heterocycles. The van der Waals surface area contributed by atoms with Crippen LogP contribution in [0.2, 0.25) is 0 Å². The Morgan fingerprint density at radius 3 is 2.14 bits per heavy atom. The second kappa shape index (κ2) is 3.54. The van der Waals surface area contributed by atoms with E-state index in [1.165, 1.54) is 0 Å². The molecule has 0 heterocycles. The van der Waals surface area contributed by atoms with E-state index in [2.05, 4.69) is 29.9 Å². The van der Waals surface area contributed by atoms with E-state index in [0.29, 0.717) is 5.92 Å². The van der Waals surface area contributed by atoms with Crippen molar-refractivity contribution in [3.63, 3.8) is 0 Å². The molecule has 0 fully saturated rings. The Hall–Kier alpha value is 0.549. The van der Waals surface area contributed by atoms with Gasteiger partial charge in [-0.25, -0.2) is 0 Å². The van der Waals surface area contributed by atoms with Crippen LogP contribution in [0.15, 0.2) is 10.0 Å². The van der Waals surface area contributed by atoms with Crippen LogP contribution in [0.1, 0.15) is 13.8 Å². The number of hydrogen-bond donors (Lipinski definition) is 0. The molecule has 0 spiro atoms. The van der Waals surface area contributed by atoms with Gasteiger partial charge in [-0.05, 0) is 0 Å². The van der Waals surface area contributed by atoms with Gasteiger partial charge in [0.25, 0.3) is 0 Å². The fourth-order valence-electron chi connectivity index (χ4n) is 0.136. The molecule has 0 aromatic rings. The van der Waals surface area contributed by atoms with Crippen molar-refractivity contribution in [2.75, 3.05) is 0 Å². The number of halogens is 1. The van der Waals surface area contributed by atoms with Gasteiger partial charge in [0, 0.05) is 0 Å². The molecule has 0 atom stereocenters. The van der Waals surface area contributed by atoms with Crippen LogP contribution in [-0.4, -0.2) is 16.0 Å². The van der Waals surface area contributed by atoms with Gasteiger partial charge in [0.05, 0.1) is 0 Å². The molecule has 0 nitrogen and oxygen atoms in total. The van der Waals surface area contributed by atoms with Crippen LogP contribution in [0.5, 0.6) is 0 Å². The predicted molar refractivity (Wildman–Crippen MR) is 34.5 cm³/mol. The minimum absolute atomic E-state index is 0.461. The molecule has 0 aromatic carbocycles. The molecular weight excluding hydrogens is 174 g/mol. The number of rotatable bonds is 1. The fraction of sp³-hybridized carbons (Fsp3) is 0.600. The third kappa shape index (κ3) is 3.16. The van der Waals surface area contributed by atoms with Crippen LogP contribution in [0.25, 0.3) is 0 Å². The summed E-state index contributed by atoms with van der Waals surface area (Å²) in [4.78, 5) is 1.80. The van der Waals surface area contributed by atoms with E-state index in [0.717, 1.165) is 5.03 Å². The van der Waals surface area contributed by atoms with Crippen LogP contribution >= 0.6 is 11.6 Å². The summed E-state index contributed by atoms with van der Waals surface area (Å²) < 4.78 is 0. The normalized spacial score (nSPS) is 12.9. The van der Waals surface area contributed by atoms with Gasteiger partial charge in [-0.1, -0.05) is 0 Å². The summed E-state index contributed by atoms with van der Waals surface area (Å²) in [6.07, 6.45) is 0. The van der Waals surface area contributed by atoms with Crippen molar-refractivity contribution in [2.45, 2.75) is 13.8 Å². The first kappa shape index (κ1) is 7.55. The number of allylic oxidation sites excluding steroid dienone is 1.